The Morgan fingerprint density at radius 2 is 1.93 bits per heavy atom. The molecule has 6 nitrogen and oxygen atoms in total. The van der Waals surface area contributed by atoms with Crippen LogP contribution in [0.4, 0.5) is 24.8 Å². The zero-order valence-corrected chi connectivity index (χ0v) is 14.4. The monoisotopic (exact) mass is 388 g/mol. The van der Waals surface area contributed by atoms with Gasteiger partial charge in [0.15, 0.2) is 0 Å². The van der Waals surface area contributed by atoms with E-state index in [0.717, 1.165) is 23.4 Å². The first kappa shape index (κ1) is 19.3. The molecule has 0 unspecified atom stereocenters. The van der Waals surface area contributed by atoms with Crippen LogP contribution in [0.25, 0.3) is 11.3 Å². The predicted molar refractivity (Wildman–Crippen MR) is 95.9 cm³/mol. The van der Waals surface area contributed by atoms with Gasteiger partial charge in [-0.05, 0) is 36.2 Å². The third-order valence-corrected chi connectivity index (χ3v) is 3.81. The second-order valence-corrected chi connectivity index (χ2v) is 5.91. The molecule has 9 heteroatoms. The lowest BCUT2D eigenvalue weighted by Gasteiger charge is -2.10. The molecule has 3 aromatic rings. The van der Waals surface area contributed by atoms with Crippen molar-refractivity contribution in [1.82, 2.24) is 15.0 Å². The normalized spacial score (nSPS) is 11.2. The van der Waals surface area contributed by atoms with Crippen molar-refractivity contribution in [2.75, 3.05) is 5.32 Å². The molecule has 0 amide bonds. The van der Waals surface area contributed by atoms with Crippen LogP contribution in [-0.2, 0) is 17.4 Å². The van der Waals surface area contributed by atoms with E-state index in [1.165, 1.54) is 0 Å². The van der Waals surface area contributed by atoms with Gasteiger partial charge in [-0.1, -0.05) is 18.2 Å². The molecule has 3 rings (SSSR count). The van der Waals surface area contributed by atoms with Gasteiger partial charge in [-0.3, -0.25) is 9.78 Å². The Morgan fingerprint density at radius 1 is 1.11 bits per heavy atom. The van der Waals surface area contributed by atoms with E-state index >= 15 is 0 Å². The Bertz CT molecular complexity index is 975. The van der Waals surface area contributed by atoms with Gasteiger partial charge in [-0.2, -0.15) is 13.2 Å². The van der Waals surface area contributed by atoms with Crippen molar-refractivity contribution < 1.29 is 23.1 Å². The summed E-state index contributed by atoms with van der Waals surface area (Å²) in [6.45, 7) is 0. The maximum absolute atomic E-state index is 12.8. The van der Waals surface area contributed by atoms with Crippen LogP contribution in [0, 0.1) is 0 Å². The first-order valence-electron chi connectivity index (χ1n) is 8.26. The maximum Gasteiger partial charge on any atom is 0.433 e. The molecule has 144 valence electrons. The first-order chi connectivity index (χ1) is 13.3. The highest BCUT2D eigenvalue weighted by Crippen LogP contribution is 2.28. The molecule has 2 N–H and O–H groups in total. The molecule has 0 saturated carbocycles. The number of aryl methyl sites for hydroxylation is 1. The van der Waals surface area contributed by atoms with Crippen molar-refractivity contribution in [3.63, 3.8) is 0 Å². The number of nitrogens with one attached hydrogen (secondary N) is 1. The third-order valence-electron chi connectivity index (χ3n) is 3.81. The highest BCUT2D eigenvalue weighted by Gasteiger charge is 2.32. The molecule has 0 fully saturated rings. The van der Waals surface area contributed by atoms with E-state index in [1.807, 2.05) is 0 Å². The van der Waals surface area contributed by atoms with E-state index < -0.39 is 17.8 Å². The van der Waals surface area contributed by atoms with Crippen LogP contribution in [0.2, 0.25) is 0 Å². The van der Waals surface area contributed by atoms with Crippen LogP contribution < -0.4 is 5.32 Å². The fourth-order valence-electron chi connectivity index (χ4n) is 2.46. The minimum Gasteiger partial charge on any atom is -0.481 e. The van der Waals surface area contributed by atoms with Crippen LogP contribution in [-0.4, -0.2) is 26.0 Å². The lowest BCUT2D eigenvalue weighted by molar-refractivity contribution is -0.141. The van der Waals surface area contributed by atoms with Crippen molar-refractivity contribution in [2.24, 2.45) is 0 Å². The SMILES string of the molecule is O=C(O)CCc1ccc(-c2cccc(Nc3nccc(C(F)(F)F)n3)c2)nc1. The number of hydrogen-bond donors (Lipinski definition) is 2. The van der Waals surface area contributed by atoms with Gasteiger partial charge in [-0.25, -0.2) is 9.97 Å². The second kappa shape index (κ2) is 8.03. The number of benzene rings is 1. The Labute approximate surface area is 158 Å². The number of carboxylic acid groups (broad SMARTS) is 1. The molecule has 0 aliphatic carbocycles. The summed E-state index contributed by atoms with van der Waals surface area (Å²) in [7, 11) is 0. The van der Waals surface area contributed by atoms with E-state index in [0.29, 0.717) is 17.8 Å². The summed E-state index contributed by atoms with van der Waals surface area (Å²) in [5.74, 6) is -1.04. The average Bonchev–Trinajstić information content (AvgIpc) is 2.66. The molecule has 2 heterocycles. The number of halogens is 3. The quantitative estimate of drug-likeness (QED) is 0.654. The van der Waals surface area contributed by atoms with Crippen LogP contribution in [0.15, 0.2) is 54.9 Å². The molecule has 2 aromatic heterocycles. The van der Waals surface area contributed by atoms with Gasteiger partial charge in [-0.15, -0.1) is 0 Å². The molecule has 0 spiro atoms. The standard InChI is InChI=1S/C19H15F3N4O2/c20-19(21,22)16-8-9-23-18(26-16)25-14-3-1-2-13(10-14)15-6-4-12(11-24-15)5-7-17(27)28/h1-4,6,8-11H,5,7H2,(H,27,28)(H,23,25,26). The first-order valence-corrected chi connectivity index (χ1v) is 8.26. The Hall–Kier alpha value is -3.49. The fourth-order valence-corrected chi connectivity index (χ4v) is 2.46. The van der Waals surface area contributed by atoms with Crippen molar-refractivity contribution in [2.45, 2.75) is 19.0 Å². The number of pyridine rings is 1. The number of aromatic nitrogens is 3. The van der Waals surface area contributed by atoms with Gasteiger partial charge >= 0.3 is 12.1 Å². The summed E-state index contributed by atoms with van der Waals surface area (Å²) >= 11 is 0. The lowest BCUT2D eigenvalue weighted by Crippen LogP contribution is -2.10. The number of hydrogen-bond acceptors (Lipinski definition) is 5. The second-order valence-electron chi connectivity index (χ2n) is 5.91. The van der Waals surface area contributed by atoms with Crippen molar-refractivity contribution in [3.05, 3.63) is 66.1 Å². The van der Waals surface area contributed by atoms with Crippen molar-refractivity contribution in [3.8, 4) is 11.3 Å². The summed E-state index contributed by atoms with van der Waals surface area (Å²) < 4.78 is 38.3. The third kappa shape index (κ3) is 5.03. The number of rotatable bonds is 6. The summed E-state index contributed by atoms with van der Waals surface area (Å²) in [5, 5.41) is 11.5. The van der Waals surface area contributed by atoms with Crippen molar-refractivity contribution in [1.29, 1.82) is 0 Å². The number of anilines is 2. The molecule has 0 aliphatic rings. The number of aliphatic carboxylic acids is 1. The Balaban J connectivity index is 1.76. The topological polar surface area (TPSA) is 88.0 Å². The molecular weight excluding hydrogens is 373 g/mol. The largest absolute Gasteiger partial charge is 0.481 e. The van der Waals surface area contributed by atoms with Gasteiger partial charge in [0.2, 0.25) is 5.95 Å². The molecule has 1 aromatic carbocycles. The lowest BCUT2D eigenvalue weighted by atomic mass is 10.1. The predicted octanol–water partition coefficient (Wildman–Crippen LogP) is 4.32. The Morgan fingerprint density at radius 3 is 2.61 bits per heavy atom. The molecule has 0 bridgehead atoms. The van der Waals surface area contributed by atoms with Gasteiger partial charge in [0, 0.05) is 30.1 Å². The van der Waals surface area contributed by atoms with Gasteiger partial charge < -0.3 is 10.4 Å². The van der Waals surface area contributed by atoms with E-state index in [1.54, 1.807) is 42.6 Å². The molecule has 0 saturated heterocycles. The summed E-state index contributed by atoms with van der Waals surface area (Å²) in [5.41, 5.74) is 1.67. The van der Waals surface area contributed by atoms with Crippen LogP contribution in [0.3, 0.4) is 0 Å². The average molecular weight is 388 g/mol. The molecule has 0 radical (unpaired) electrons. The summed E-state index contributed by atoms with van der Waals surface area (Å²) in [4.78, 5) is 22.2. The van der Waals surface area contributed by atoms with Gasteiger partial charge in [0.05, 0.1) is 5.69 Å². The Kier molecular flexibility index (Phi) is 5.53. The number of carboxylic acids is 1. The maximum atomic E-state index is 12.8. The minimum atomic E-state index is -4.55. The van der Waals surface area contributed by atoms with Crippen LogP contribution in [0.5, 0.6) is 0 Å². The van der Waals surface area contributed by atoms with E-state index in [2.05, 4.69) is 20.3 Å². The molecule has 28 heavy (non-hydrogen) atoms. The zero-order valence-electron chi connectivity index (χ0n) is 14.4. The fraction of sp³-hybridized carbons (Fsp3) is 0.158. The minimum absolute atomic E-state index is 0.0252. The summed E-state index contributed by atoms with van der Waals surface area (Å²) in [6.07, 6.45) is -1.49. The van der Waals surface area contributed by atoms with Gasteiger partial charge in [0.1, 0.15) is 5.69 Å². The smallest absolute Gasteiger partial charge is 0.433 e. The molecule has 0 atom stereocenters. The zero-order chi connectivity index (χ0) is 20.1. The van der Waals surface area contributed by atoms with Gasteiger partial charge in [0.25, 0.3) is 0 Å². The van der Waals surface area contributed by atoms with E-state index in [9.17, 15) is 18.0 Å². The highest BCUT2D eigenvalue weighted by molar-refractivity contribution is 5.68. The van der Waals surface area contributed by atoms with E-state index in [4.69, 9.17) is 5.11 Å². The highest BCUT2D eigenvalue weighted by atomic mass is 19.4. The molecular formula is C19H15F3N4O2. The molecule has 0 aliphatic heterocycles. The van der Waals surface area contributed by atoms with Crippen LogP contribution in [0.1, 0.15) is 17.7 Å². The number of carbonyl (C=O) groups is 1. The van der Waals surface area contributed by atoms with E-state index in [-0.39, 0.29) is 12.4 Å². The number of nitrogens with zero attached hydrogens (tertiary/aromatic N) is 3. The van der Waals surface area contributed by atoms with Crippen LogP contribution >= 0.6 is 0 Å². The summed E-state index contributed by atoms with van der Waals surface area (Å²) in [6, 6.07) is 11.3. The van der Waals surface area contributed by atoms with Crippen molar-refractivity contribution >= 4 is 17.6 Å². The number of alkyl halides is 3.